The third-order valence-electron chi connectivity index (χ3n) is 5.40. The molecule has 3 aromatic rings. The molecule has 2 aromatic carbocycles. The summed E-state index contributed by atoms with van der Waals surface area (Å²) in [5.41, 5.74) is 8.59. The number of pyridine rings is 1. The molecule has 0 fully saturated rings. The molecule has 192 valence electrons. The number of methoxy groups -OCH3 is 1. The van der Waals surface area contributed by atoms with Crippen LogP contribution in [0.4, 0.5) is 5.82 Å². The van der Waals surface area contributed by atoms with E-state index in [1.807, 2.05) is 81.4 Å². The summed E-state index contributed by atoms with van der Waals surface area (Å²) >= 11 is 0. The maximum Gasteiger partial charge on any atom is 0.306 e. The van der Waals surface area contributed by atoms with Crippen LogP contribution in [0.3, 0.4) is 0 Å². The zero-order chi connectivity index (χ0) is 26.1. The topological polar surface area (TPSA) is 95.7 Å². The second-order valence-corrected chi connectivity index (χ2v) is 9.95. The average Bonchev–Trinajstić information content (AvgIpc) is 2.82. The molecule has 1 unspecified atom stereocenters. The van der Waals surface area contributed by atoms with Crippen molar-refractivity contribution in [2.75, 3.05) is 12.4 Å². The molecule has 1 heterocycles. The van der Waals surface area contributed by atoms with E-state index >= 15 is 0 Å². The third-order valence-corrected chi connectivity index (χ3v) is 5.40. The fraction of sp³-hybridized carbons (Fsp3) is 0.379. The van der Waals surface area contributed by atoms with Crippen LogP contribution in [0.15, 0.2) is 60.7 Å². The van der Waals surface area contributed by atoms with Crippen LogP contribution in [0.5, 0.6) is 17.4 Å². The van der Waals surface area contributed by atoms with Gasteiger partial charge in [-0.15, -0.1) is 0 Å². The van der Waals surface area contributed by atoms with Crippen molar-refractivity contribution in [2.24, 2.45) is 11.7 Å². The summed E-state index contributed by atoms with van der Waals surface area (Å²) in [6, 6.07) is 19.5. The van der Waals surface area contributed by atoms with Crippen molar-refractivity contribution >= 4 is 11.8 Å². The second kappa shape index (κ2) is 12.4. The Morgan fingerprint density at radius 3 is 2.22 bits per heavy atom. The van der Waals surface area contributed by atoms with Gasteiger partial charge < -0.3 is 25.3 Å². The Hall–Kier alpha value is -3.58. The maximum atomic E-state index is 12.1. The number of esters is 1. The van der Waals surface area contributed by atoms with E-state index in [-0.39, 0.29) is 11.9 Å². The summed E-state index contributed by atoms with van der Waals surface area (Å²) in [6.07, 6.45) is 1.16. The molecule has 0 saturated carbocycles. The lowest BCUT2D eigenvalue weighted by Gasteiger charge is -2.21. The Bertz CT molecular complexity index is 1120. The summed E-state index contributed by atoms with van der Waals surface area (Å²) in [5.74, 6) is 2.67. The molecule has 1 aromatic heterocycles. The molecule has 3 rings (SSSR count). The van der Waals surface area contributed by atoms with Crippen molar-refractivity contribution < 1.29 is 19.0 Å². The van der Waals surface area contributed by atoms with Crippen LogP contribution in [0.2, 0.25) is 0 Å². The fourth-order valence-electron chi connectivity index (χ4n) is 3.71. The zero-order valence-corrected chi connectivity index (χ0v) is 21.8. The highest BCUT2D eigenvalue weighted by molar-refractivity contribution is 5.70. The van der Waals surface area contributed by atoms with Crippen LogP contribution in [0, 0.1) is 5.92 Å². The van der Waals surface area contributed by atoms with Gasteiger partial charge in [0.2, 0.25) is 5.88 Å². The third kappa shape index (κ3) is 8.89. The number of carbonyl (C=O) groups excluding carboxylic acids is 1. The Kier molecular flexibility index (Phi) is 9.31. The SMILES string of the molecule is COc1ccc(CNc2cc(CN)cc(Oc3ccc(CC(C)CC(=O)OC(C)(C)C)cc3)n2)cc1. The number of hydrogen-bond acceptors (Lipinski definition) is 7. The van der Waals surface area contributed by atoms with Crippen LogP contribution < -0.4 is 20.5 Å². The molecule has 7 heteroatoms. The fourth-order valence-corrected chi connectivity index (χ4v) is 3.71. The van der Waals surface area contributed by atoms with Gasteiger partial charge in [0.15, 0.2) is 0 Å². The van der Waals surface area contributed by atoms with Gasteiger partial charge >= 0.3 is 5.97 Å². The van der Waals surface area contributed by atoms with Crippen molar-refractivity contribution in [1.82, 2.24) is 4.98 Å². The van der Waals surface area contributed by atoms with Crippen LogP contribution in [-0.2, 0) is 29.0 Å². The first kappa shape index (κ1) is 27.0. The van der Waals surface area contributed by atoms with Gasteiger partial charge in [-0.05, 0) is 80.1 Å². The number of nitrogens with one attached hydrogen (secondary N) is 1. The number of ether oxygens (including phenoxy) is 3. The van der Waals surface area contributed by atoms with Crippen LogP contribution in [0.1, 0.15) is 50.8 Å². The van der Waals surface area contributed by atoms with E-state index in [0.29, 0.717) is 37.0 Å². The molecule has 0 amide bonds. The van der Waals surface area contributed by atoms with Crippen molar-refractivity contribution in [1.29, 1.82) is 0 Å². The lowest BCUT2D eigenvalue weighted by molar-refractivity contribution is -0.155. The monoisotopic (exact) mass is 491 g/mol. The Morgan fingerprint density at radius 2 is 1.61 bits per heavy atom. The van der Waals surface area contributed by atoms with Crippen LogP contribution in [-0.4, -0.2) is 23.7 Å². The number of carbonyl (C=O) groups is 1. The Labute approximate surface area is 214 Å². The van der Waals surface area contributed by atoms with E-state index in [1.54, 1.807) is 7.11 Å². The van der Waals surface area contributed by atoms with Gasteiger partial charge in [0.05, 0.1) is 7.11 Å². The largest absolute Gasteiger partial charge is 0.497 e. The quantitative estimate of drug-likeness (QED) is 0.324. The summed E-state index contributed by atoms with van der Waals surface area (Å²) < 4.78 is 16.7. The Balaban J connectivity index is 1.59. The van der Waals surface area contributed by atoms with Crippen LogP contribution >= 0.6 is 0 Å². The number of anilines is 1. The lowest BCUT2D eigenvalue weighted by Crippen LogP contribution is -2.25. The van der Waals surface area contributed by atoms with Gasteiger partial charge in [0, 0.05) is 25.6 Å². The van der Waals surface area contributed by atoms with E-state index < -0.39 is 5.60 Å². The first-order valence-electron chi connectivity index (χ1n) is 12.2. The van der Waals surface area contributed by atoms with Gasteiger partial charge in [-0.3, -0.25) is 4.79 Å². The molecule has 0 aliphatic rings. The highest BCUT2D eigenvalue weighted by Gasteiger charge is 2.18. The number of rotatable bonds is 11. The van der Waals surface area contributed by atoms with Crippen molar-refractivity contribution in [3.05, 3.63) is 77.4 Å². The molecule has 0 aliphatic heterocycles. The summed E-state index contributed by atoms with van der Waals surface area (Å²) in [5, 5.41) is 3.33. The number of aromatic nitrogens is 1. The molecular formula is C29H37N3O4. The lowest BCUT2D eigenvalue weighted by atomic mass is 9.98. The number of nitrogens with zero attached hydrogens (tertiary/aromatic N) is 1. The van der Waals surface area contributed by atoms with Crippen molar-refractivity contribution in [3.8, 4) is 17.4 Å². The minimum Gasteiger partial charge on any atom is -0.497 e. The molecule has 7 nitrogen and oxygen atoms in total. The maximum absolute atomic E-state index is 12.1. The van der Waals surface area contributed by atoms with E-state index in [0.717, 1.165) is 28.9 Å². The van der Waals surface area contributed by atoms with Gasteiger partial charge in [-0.25, -0.2) is 0 Å². The molecule has 1 atom stereocenters. The minimum absolute atomic E-state index is 0.169. The van der Waals surface area contributed by atoms with Gasteiger partial charge in [-0.2, -0.15) is 4.98 Å². The summed E-state index contributed by atoms with van der Waals surface area (Å²) in [6.45, 7) is 8.69. The molecule has 0 bridgehead atoms. The second-order valence-electron chi connectivity index (χ2n) is 9.95. The van der Waals surface area contributed by atoms with E-state index in [1.165, 1.54) is 0 Å². The predicted octanol–water partition coefficient (Wildman–Crippen LogP) is 5.86. The first-order valence-corrected chi connectivity index (χ1v) is 12.2. The zero-order valence-electron chi connectivity index (χ0n) is 21.8. The van der Waals surface area contributed by atoms with E-state index in [9.17, 15) is 4.79 Å². The number of benzene rings is 2. The van der Waals surface area contributed by atoms with Gasteiger partial charge in [-0.1, -0.05) is 31.2 Å². The van der Waals surface area contributed by atoms with Crippen molar-refractivity contribution in [3.63, 3.8) is 0 Å². The highest BCUT2D eigenvalue weighted by atomic mass is 16.6. The number of hydrogen-bond donors (Lipinski definition) is 2. The summed E-state index contributed by atoms with van der Waals surface area (Å²) in [7, 11) is 1.65. The van der Waals surface area contributed by atoms with E-state index in [2.05, 4.69) is 17.2 Å². The molecule has 36 heavy (non-hydrogen) atoms. The van der Waals surface area contributed by atoms with Crippen LogP contribution in [0.25, 0.3) is 0 Å². The highest BCUT2D eigenvalue weighted by Crippen LogP contribution is 2.25. The molecule has 0 aliphatic carbocycles. The van der Waals surface area contributed by atoms with Gasteiger partial charge in [0.25, 0.3) is 0 Å². The first-order chi connectivity index (χ1) is 17.1. The average molecular weight is 492 g/mol. The number of nitrogens with two attached hydrogens (primary N) is 1. The molecule has 0 radical (unpaired) electrons. The molecule has 3 N–H and O–H groups in total. The Morgan fingerprint density at radius 1 is 0.972 bits per heavy atom. The standard InChI is InChI=1S/C29H37N3O4/c1-20(15-28(33)36-29(2,3)4)14-21-6-12-25(13-7-21)35-27-17-23(18-30)16-26(32-27)31-19-22-8-10-24(34-5)11-9-22/h6-13,16-17,20H,14-15,18-19,30H2,1-5H3,(H,31,32). The smallest absolute Gasteiger partial charge is 0.306 e. The molecular weight excluding hydrogens is 454 g/mol. The minimum atomic E-state index is -0.462. The molecule has 0 spiro atoms. The summed E-state index contributed by atoms with van der Waals surface area (Å²) in [4.78, 5) is 16.7. The van der Waals surface area contributed by atoms with E-state index in [4.69, 9.17) is 19.9 Å². The van der Waals surface area contributed by atoms with Crippen molar-refractivity contribution in [2.45, 2.75) is 59.2 Å². The normalized spacial score (nSPS) is 12.1. The van der Waals surface area contributed by atoms with Gasteiger partial charge in [0.1, 0.15) is 22.9 Å². The predicted molar refractivity (Wildman–Crippen MR) is 142 cm³/mol. The molecule has 0 saturated heterocycles.